The topological polar surface area (TPSA) is 84.9 Å². The number of carbonyl (C=O) groups is 3. The molecule has 0 spiro atoms. The third-order valence-corrected chi connectivity index (χ3v) is 6.80. The lowest BCUT2D eigenvalue weighted by Gasteiger charge is -2.26. The summed E-state index contributed by atoms with van der Waals surface area (Å²) in [6.45, 7) is 4.32. The number of amides is 4. The van der Waals surface area contributed by atoms with Gasteiger partial charge in [-0.1, -0.05) is 53.0 Å². The van der Waals surface area contributed by atoms with Gasteiger partial charge in [-0.2, -0.15) is 0 Å². The maximum Gasteiger partial charge on any atom is 0.335 e. The molecule has 37 heavy (non-hydrogen) atoms. The monoisotopic (exact) mass is 558 g/mol. The van der Waals surface area contributed by atoms with Crippen LogP contribution in [0.1, 0.15) is 22.3 Å². The number of imide groups is 2. The Labute approximate surface area is 228 Å². The number of anilines is 1. The van der Waals surface area contributed by atoms with Crippen LogP contribution in [0.4, 0.5) is 10.5 Å². The van der Waals surface area contributed by atoms with Crippen molar-refractivity contribution in [3.8, 4) is 11.5 Å². The van der Waals surface area contributed by atoms with Crippen LogP contribution in [0, 0.1) is 13.8 Å². The maximum atomic E-state index is 13.2. The van der Waals surface area contributed by atoms with Gasteiger partial charge in [0.15, 0.2) is 11.5 Å². The van der Waals surface area contributed by atoms with Gasteiger partial charge in [0.1, 0.15) is 12.2 Å². The molecule has 0 unspecified atom stereocenters. The van der Waals surface area contributed by atoms with E-state index in [4.69, 9.17) is 44.3 Å². The Bertz CT molecular complexity index is 1470. The molecule has 0 saturated carbocycles. The van der Waals surface area contributed by atoms with Crippen molar-refractivity contribution < 1.29 is 23.9 Å². The molecular weight excluding hydrogens is 539 g/mol. The molecule has 3 aromatic carbocycles. The van der Waals surface area contributed by atoms with Gasteiger partial charge >= 0.3 is 6.03 Å². The number of urea groups is 1. The van der Waals surface area contributed by atoms with Crippen molar-refractivity contribution in [1.82, 2.24) is 5.32 Å². The first-order valence-corrected chi connectivity index (χ1v) is 12.2. The largest absolute Gasteiger partial charge is 0.493 e. The van der Waals surface area contributed by atoms with E-state index in [0.717, 1.165) is 16.0 Å². The Kier molecular flexibility index (Phi) is 7.78. The Balaban J connectivity index is 1.64. The smallest absolute Gasteiger partial charge is 0.335 e. The minimum Gasteiger partial charge on any atom is -0.493 e. The Hall–Kier alpha value is -3.52. The number of methoxy groups -OCH3 is 1. The summed E-state index contributed by atoms with van der Waals surface area (Å²) in [4.78, 5) is 39.0. The van der Waals surface area contributed by atoms with Gasteiger partial charge < -0.3 is 9.47 Å². The molecule has 1 heterocycles. The zero-order valence-corrected chi connectivity index (χ0v) is 22.3. The molecule has 0 radical (unpaired) electrons. The van der Waals surface area contributed by atoms with Gasteiger partial charge in [0.25, 0.3) is 11.8 Å². The van der Waals surface area contributed by atoms with E-state index < -0.39 is 17.8 Å². The molecule has 1 N–H and O–H groups in total. The molecule has 1 aliphatic rings. The van der Waals surface area contributed by atoms with Crippen LogP contribution in [0.5, 0.6) is 11.5 Å². The number of nitrogens with one attached hydrogen (secondary N) is 1. The van der Waals surface area contributed by atoms with Crippen LogP contribution in [0.15, 0.2) is 54.1 Å². The lowest BCUT2D eigenvalue weighted by molar-refractivity contribution is -0.122. The molecular formula is C27H21Cl3N2O5. The van der Waals surface area contributed by atoms with E-state index in [9.17, 15) is 14.4 Å². The van der Waals surface area contributed by atoms with Crippen LogP contribution in [-0.2, 0) is 16.2 Å². The minimum atomic E-state index is -0.906. The van der Waals surface area contributed by atoms with Crippen LogP contribution >= 0.6 is 34.8 Å². The highest BCUT2D eigenvalue weighted by atomic mass is 35.5. The lowest BCUT2D eigenvalue weighted by Crippen LogP contribution is -2.54. The van der Waals surface area contributed by atoms with Crippen LogP contribution in [-0.4, -0.2) is 25.0 Å². The van der Waals surface area contributed by atoms with Gasteiger partial charge in [-0.25, -0.2) is 9.69 Å². The summed E-state index contributed by atoms with van der Waals surface area (Å²) in [6.07, 6.45) is 1.32. The van der Waals surface area contributed by atoms with E-state index in [0.29, 0.717) is 17.1 Å². The van der Waals surface area contributed by atoms with Gasteiger partial charge in [-0.3, -0.25) is 14.9 Å². The Morgan fingerprint density at radius 1 is 0.892 bits per heavy atom. The van der Waals surface area contributed by atoms with Crippen molar-refractivity contribution in [2.45, 2.75) is 20.5 Å². The quantitative estimate of drug-likeness (QED) is 0.275. The number of rotatable bonds is 6. The van der Waals surface area contributed by atoms with Crippen LogP contribution < -0.4 is 19.7 Å². The van der Waals surface area contributed by atoms with Crippen molar-refractivity contribution in [3.05, 3.63) is 91.4 Å². The second kappa shape index (κ2) is 10.8. The second-order valence-corrected chi connectivity index (χ2v) is 9.52. The van der Waals surface area contributed by atoms with E-state index in [1.807, 2.05) is 32.0 Å². The predicted molar refractivity (Wildman–Crippen MR) is 144 cm³/mol. The van der Waals surface area contributed by atoms with Crippen LogP contribution in [0.2, 0.25) is 15.1 Å². The lowest BCUT2D eigenvalue weighted by atomic mass is 10.1. The van der Waals surface area contributed by atoms with Gasteiger partial charge in [-0.15, -0.1) is 0 Å². The second-order valence-electron chi connectivity index (χ2n) is 8.30. The third kappa shape index (κ3) is 5.59. The molecule has 0 bridgehead atoms. The fourth-order valence-corrected chi connectivity index (χ4v) is 4.26. The number of halogens is 3. The molecule has 4 amide bonds. The van der Waals surface area contributed by atoms with E-state index in [2.05, 4.69) is 5.32 Å². The van der Waals surface area contributed by atoms with Gasteiger partial charge in [0.2, 0.25) is 0 Å². The Morgan fingerprint density at radius 2 is 1.65 bits per heavy atom. The molecule has 3 aromatic rings. The fraction of sp³-hybridized carbons (Fsp3) is 0.148. The van der Waals surface area contributed by atoms with Crippen molar-refractivity contribution >= 4 is 64.4 Å². The molecule has 7 nitrogen and oxygen atoms in total. The standard InChI is InChI=1S/C27H21Cl3N2O5/c1-14-4-5-16(8-15(14)2)13-37-24-22(30)10-17(11-23(24)36-3)9-19-25(33)31-27(35)32(26(19)34)18-6-7-20(28)21(29)12-18/h4-12H,13H2,1-3H3,(H,31,33,35)/b19-9+. The maximum absolute atomic E-state index is 13.2. The molecule has 0 atom stereocenters. The first kappa shape index (κ1) is 26.5. The van der Waals surface area contributed by atoms with E-state index in [1.54, 1.807) is 6.07 Å². The highest BCUT2D eigenvalue weighted by Gasteiger charge is 2.37. The number of ether oxygens (including phenoxy) is 2. The number of nitrogens with zero attached hydrogens (tertiary/aromatic N) is 1. The van der Waals surface area contributed by atoms with Crippen molar-refractivity contribution in [2.24, 2.45) is 0 Å². The molecule has 190 valence electrons. The molecule has 1 saturated heterocycles. The molecule has 1 fully saturated rings. The van der Waals surface area contributed by atoms with E-state index >= 15 is 0 Å². The molecule has 4 rings (SSSR count). The number of hydrogen-bond acceptors (Lipinski definition) is 5. The van der Waals surface area contributed by atoms with E-state index in [-0.39, 0.29) is 32.9 Å². The van der Waals surface area contributed by atoms with E-state index in [1.165, 1.54) is 43.0 Å². The SMILES string of the molecule is COc1cc(/C=C2\C(=O)NC(=O)N(c3ccc(Cl)c(Cl)c3)C2=O)cc(Cl)c1OCc1ccc(C)c(C)c1. The highest BCUT2D eigenvalue weighted by Crippen LogP contribution is 2.38. The molecule has 10 heteroatoms. The zero-order chi connectivity index (χ0) is 26.9. The normalized spacial score (nSPS) is 14.7. The first-order chi connectivity index (χ1) is 17.6. The molecule has 1 aliphatic heterocycles. The predicted octanol–water partition coefficient (Wildman–Crippen LogP) is 6.52. The zero-order valence-electron chi connectivity index (χ0n) is 20.0. The summed E-state index contributed by atoms with van der Waals surface area (Å²) in [5.74, 6) is -1.06. The average molecular weight is 560 g/mol. The summed E-state index contributed by atoms with van der Waals surface area (Å²) in [5, 5.41) is 2.78. The number of barbiturate groups is 1. The summed E-state index contributed by atoms with van der Waals surface area (Å²) in [7, 11) is 1.45. The van der Waals surface area contributed by atoms with Crippen molar-refractivity contribution in [1.29, 1.82) is 0 Å². The van der Waals surface area contributed by atoms with Gasteiger partial charge in [0.05, 0.1) is 27.9 Å². The number of aryl methyl sites for hydroxylation is 2. The Morgan fingerprint density at radius 3 is 2.32 bits per heavy atom. The van der Waals surface area contributed by atoms with Crippen LogP contribution in [0.3, 0.4) is 0 Å². The third-order valence-electron chi connectivity index (χ3n) is 5.78. The highest BCUT2D eigenvalue weighted by molar-refractivity contribution is 6.43. The summed E-state index contributed by atoms with van der Waals surface area (Å²) >= 11 is 18.5. The fourth-order valence-electron chi connectivity index (χ4n) is 3.69. The summed E-state index contributed by atoms with van der Waals surface area (Å²) < 4.78 is 11.4. The van der Waals surface area contributed by atoms with Crippen molar-refractivity contribution in [2.75, 3.05) is 12.0 Å². The molecule has 0 aromatic heterocycles. The van der Waals surface area contributed by atoms with Gasteiger partial charge in [0, 0.05) is 0 Å². The number of carbonyl (C=O) groups excluding carboxylic acids is 3. The first-order valence-electron chi connectivity index (χ1n) is 11.0. The number of benzene rings is 3. The molecule has 0 aliphatic carbocycles. The van der Waals surface area contributed by atoms with Crippen LogP contribution in [0.25, 0.3) is 6.08 Å². The van der Waals surface area contributed by atoms with Gasteiger partial charge in [-0.05, 0) is 72.5 Å². The van der Waals surface area contributed by atoms with Crippen molar-refractivity contribution in [3.63, 3.8) is 0 Å². The summed E-state index contributed by atoms with van der Waals surface area (Å²) in [6, 6.07) is 12.5. The number of hydrogen-bond donors (Lipinski definition) is 1. The summed E-state index contributed by atoms with van der Waals surface area (Å²) in [5.41, 5.74) is 3.54. The average Bonchev–Trinajstić information content (AvgIpc) is 2.85. The minimum absolute atomic E-state index is 0.148.